The first-order chi connectivity index (χ1) is 14.0. The first-order valence-electron chi connectivity index (χ1n) is 11.0. The van der Waals surface area contributed by atoms with Crippen LogP contribution in [0.25, 0.3) is 0 Å². The number of alkyl carbamates (subject to hydrolysis) is 1. The highest BCUT2D eigenvalue weighted by Gasteiger charge is 2.51. The van der Waals surface area contributed by atoms with Crippen molar-refractivity contribution in [1.29, 1.82) is 0 Å². The van der Waals surface area contributed by atoms with Gasteiger partial charge in [0.05, 0.1) is 17.8 Å². The predicted molar refractivity (Wildman–Crippen MR) is 124 cm³/mol. The summed E-state index contributed by atoms with van der Waals surface area (Å²) in [5.41, 5.74) is 0.823. The summed E-state index contributed by atoms with van der Waals surface area (Å²) in [6, 6.07) is 7.74. The van der Waals surface area contributed by atoms with Gasteiger partial charge in [-0.1, -0.05) is 65.8 Å². The van der Waals surface area contributed by atoms with Crippen LogP contribution in [0, 0.1) is 10.8 Å². The SMILES string of the molecule is CC(C)(C)COC(NC(=O)OCc1ccc(B2OC(C)(C)C(C)(C)O2)cc1)C(C)(C)C. The molecule has 0 bridgehead atoms. The highest BCUT2D eigenvalue weighted by atomic mass is 16.7. The topological polar surface area (TPSA) is 66.0 Å². The number of hydrogen-bond acceptors (Lipinski definition) is 5. The highest BCUT2D eigenvalue weighted by molar-refractivity contribution is 6.62. The first-order valence-corrected chi connectivity index (χ1v) is 11.0. The zero-order chi connectivity index (χ0) is 23.7. The molecule has 6 nitrogen and oxygen atoms in total. The van der Waals surface area contributed by atoms with Gasteiger partial charge in [-0.2, -0.15) is 0 Å². The minimum absolute atomic E-state index is 0.00794. The van der Waals surface area contributed by atoms with E-state index in [0.29, 0.717) is 6.61 Å². The van der Waals surface area contributed by atoms with Gasteiger partial charge in [0.25, 0.3) is 0 Å². The molecule has 7 heteroatoms. The second-order valence-electron chi connectivity index (χ2n) is 11.7. The van der Waals surface area contributed by atoms with Gasteiger partial charge < -0.3 is 18.8 Å². The molecule has 174 valence electrons. The van der Waals surface area contributed by atoms with Crippen molar-refractivity contribution in [3.63, 3.8) is 0 Å². The summed E-state index contributed by atoms with van der Waals surface area (Å²) in [4.78, 5) is 12.4. The molecule has 0 aliphatic carbocycles. The molecule has 1 aliphatic rings. The molecule has 0 spiro atoms. The summed E-state index contributed by atoms with van der Waals surface area (Å²) in [5.74, 6) is 0. The molecular formula is C24H40BNO5. The monoisotopic (exact) mass is 433 g/mol. The number of amides is 1. The van der Waals surface area contributed by atoms with E-state index in [0.717, 1.165) is 11.0 Å². The molecule has 0 saturated carbocycles. The minimum Gasteiger partial charge on any atom is -0.445 e. The van der Waals surface area contributed by atoms with Crippen molar-refractivity contribution in [3.8, 4) is 0 Å². The lowest BCUT2D eigenvalue weighted by atomic mass is 9.79. The van der Waals surface area contributed by atoms with E-state index in [9.17, 15) is 4.79 Å². The molecule has 0 aromatic heterocycles. The van der Waals surface area contributed by atoms with E-state index in [1.165, 1.54) is 0 Å². The van der Waals surface area contributed by atoms with Crippen molar-refractivity contribution in [2.24, 2.45) is 10.8 Å². The Morgan fingerprint density at radius 2 is 1.52 bits per heavy atom. The lowest BCUT2D eigenvalue weighted by Crippen LogP contribution is -2.46. The zero-order valence-electron chi connectivity index (χ0n) is 20.9. The molecule has 1 amide bonds. The van der Waals surface area contributed by atoms with E-state index in [1.54, 1.807) is 0 Å². The van der Waals surface area contributed by atoms with Crippen molar-refractivity contribution in [2.75, 3.05) is 6.61 Å². The molecule has 1 atom stereocenters. The molecule has 1 saturated heterocycles. The Morgan fingerprint density at radius 3 is 1.97 bits per heavy atom. The largest absolute Gasteiger partial charge is 0.494 e. The predicted octanol–water partition coefficient (Wildman–Crippen LogP) is 4.65. The number of nitrogens with one attached hydrogen (secondary N) is 1. The van der Waals surface area contributed by atoms with Crippen LogP contribution >= 0.6 is 0 Å². The van der Waals surface area contributed by atoms with Gasteiger partial charge >= 0.3 is 13.2 Å². The van der Waals surface area contributed by atoms with E-state index >= 15 is 0 Å². The fourth-order valence-corrected chi connectivity index (χ4v) is 2.89. The fraction of sp³-hybridized carbons (Fsp3) is 0.708. The van der Waals surface area contributed by atoms with Crippen molar-refractivity contribution < 1.29 is 23.6 Å². The summed E-state index contributed by atoms with van der Waals surface area (Å²) in [7, 11) is -0.407. The Hall–Kier alpha value is -1.57. The van der Waals surface area contributed by atoms with E-state index in [-0.39, 0.29) is 28.6 Å². The van der Waals surface area contributed by atoms with Gasteiger partial charge in [0, 0.05) is 5.41 Å². The summed E-state index contributed by atoms with van der Waals surface area (Å²) in [5, 5.41) is 2.85. The van der Waals surface area contributed by atoms with E-state index in [2.05, 4.69) is 26.1 Å². The summed E-state index contributed by atoms with van der Waals surface area (Å²) >= 11 is 0. The Bertz CT molecular complexity index is 731. The molecule has 1 heterocycles. The number of benzene rings is 1. The van der Waals surface area contributed by atoms with Crippen LogP contribution in [-0.4, -0.2) is 37.2 Å². The standard InChI is InChI=1S/C24H40BNO5/c1-21(2,3)16-29-19(22(4,5)6)26-20(27)28-15-17-11-13-18(14-12-17)25-30-23(7,8)24(9,10)31-25/h11-14,19H,15-16H2,1-10H3,(H,26,27). The lowest BCUT2D eigenvalue weighted by molar-refractivity contribution is -0.0639. The zero-order valence-corrected chi connectivity index (χ0v) is 20.9. The number of hydrogen-bond donors (Lipinski definition) is 1. The third-order valence-corrected chi connectivity index (χ3v) is 5.59. The van der Waals surface area contributed by atoms with Crippen LogP contribution < -0.4 is 10.8 Å². The first kappa shape index (κ1) is 25.7. The Labute approximate surface area is 188 Å². The molecule has 0 radical (unpaired) electrons. The van der Waals surface area contributed by atoms with Crippen LogP contribution in [-0.2, 0) is 25.4 Å². The summed E-state index contributed by atoms with van der Waals surface area (Å²) < 4.78 is 23.5. The van der Waals surface area contributed by atoms with E-state index in [4.69, 9.17) is 18.8 Å². The Kier molecular flexibility index (Phi) is 7.56. The maximum absolute atomic E-state index is 12.4. The van der Waals surface area contributed by atoms with Gasteiger partial charge in [-0.15, -0.1) is 0 Å². The van der Waals surface area contributed by atoms with Crippen LogP contribution in [0.3, 0.4) is 0 Å². The summed E-state index contributed by atoms with van der Waals surface area (Å²) in [6.45, 7) is 21.2. The van der Waals surface area contributed by atoms with E-state index < -0.39 is 19.4 Å². The fourth-order valence-electron chi connectivity index (χ4n) is 2.89. The van der Waals surface area contributed by atoms with Crippen LogP contribution in [0.15, 0.2) is 24.3 Å². The van der Waals surface area contributed by atoms with Gasteiger partial charge in [-0.05, 0) is 44.1 Å². The maximum atomic E-state index is 12.4. The normalized spacial score (nSPS) is 19.2. The number of ether oxygens (including phenoxy) is 2. The second kappa shape index (κ2) is 9.12. The van der Waals surface area contributed by atoms with Crippen LogP contribution in [0.1, 0.15) is 74.8 Å². The number of rotatable bonds is 6. The van der Waals surface area contributed by atoms with Gasteiger partial charge in [-0.3, -0.25) is 5.32 Å². The number of carbonyl (C=O) groups is 1. The molecule has 1 fully saturated rings. The maximum Gasteiger partial charge on any atom is 0.494 e. The average molecular weight is 433 g/mol. The van der Waals surface area contributed by atoms with Crippen molar-refractivity contribution in [1.82, 2.24) is 5.32 Å². The Balaban J connectivity index is 1.90. The van der Waals surface area contributed by atoms with Gasteiger partial charge in [-0.25, -0.2) is 4.79 Å². The molecule has 31 heavy (non-hydrogen) atoms. The smallest absolute Gasteiger partial charge is 0.445 e. The second-order valence-corrected chi connectivity index (χ2v) is 11.7. The third-order valence-electron chi connectivity index (χ3n) is 5.59. The van der Waals surface area contributed by atoms with E-state index in [1.807, 2.05) is 72.7 Å². The molecular weight excluding hydrogens is 393 g/mol. The van der Waals surface area contributed by atoms with Crippen molar-refractivity contribution in [2.45, 2.75) is 93.3 Å². The molecule has 1 aromatic carbocycles. The molecule has 1 aliphatic heterocycles. The van der Waals surface area contributed by atoms with Crippen LogP contribution in [0.4, 0.5) is 4.79 Å². The van der Waals surface area contributed by atoms with Gasteiger partial charge in [0.2, 0.25) is 0 Å². The number of carbonyl (C=O) groups excluding carboxylic acids is 1. The molecule has 1 aromatic rings. The van der Waals surface area contributed by atoms with Crippen molar-refractivity contribution >= 4 is 18.7 Å². The summed E-state index contributed by atoms with van der Waals surface area (Å²) in [6.07, 6.45) is -0.936. The van der Waals surface area contributed by atoms with Crippen LogP contribution in [0.2, 0.25) is 0 Å². The van der Waals surface area contributed by atoms with Crippen LogP contribution in [0.5, 0.6) is 0 Å². The van der Waals surface area contributed by atoms with Gasteiger partial charge in [0.1, 0.15) is 12.8 Å². The molecule has 1 N–H and O–H groups in total. The molecule has 2 rings (SSSR count). The molecule has 1 unspecified atom stereocenters. The quantitative estimate of drug-likeness (QED) is 0.523. The third kappa shape index (κ3) is 7.23. The highest BCUT2D eigenvalue weighted by Crippen LogP contribution is 2.36. The average Bonchev–Trinajstić information content (AvgIpc) is 2.83. The lowest BCUT2D eigenvalue weighted by Gasteiger charge is -2.33. The Morgan fingerprint density at radius 1 is 1.00 bits per heavy atom. The van der Waals surface area contributed by atoms with Gasteiger partial charge in [0.15, 0.2) is 0 Å². The van der Waals surface area contributed by atoms with Crippen molar-refractivity contribution in [3.05, 3.63) is 29.8 Å². The minimum atomic E-state index is -0.496.